The van der Waals surface area contributed by atoms with Crippen LogP contribution in [-0.4, -0.2) is 87.4 Å². The fraction of sp³-hybridized carbons (Fsp3) is 0.605. The summed E-state index contributed by atoms with van der Waals surface area (Å²) in [5, 5.41) is 8.76. The van der Waals surface area contributed by atoms with Crippen molar-refractivity contribution in [1.82, 2.24) is 9.80 Å². The molecule has 1 heterocycles. The number of carbonyl (C=O) groups is 3. The van der Waals surface area contributed by atoms with Crippen LogP contribution in [0.15, 0.2) is 42.5 Å². The predicted molar refractivity (Wildman–Crippen MR) is 194 cm³/mol. The molecule has 284 valence electrons. The lowest BCUT2D eigenvalue weighted by Gasteiger charge is -2.46. The van der Waals surface area contributed by atoms with Gasteiger partial charge in [0, 0.05) is 32.3 Å². The molecule has 1 aliphatic rings. The Balaban J connectivity index is 1.97. The van der Waals surface area contributed by atoms with E-state index in [2.05, 4.69) is 0 Å². The van der Waals surface area contributed by atoms with E-state index in [1.165, 1.54) is 12.1 Å². The molecule has 2 amide bonds. The number of halogens is 1. The van der Waals surface area contributed by atoms with Gasteiger partial charge in [0.15, 0.2) is 5.16 Å². The number of hydrogen-bond donors (Lipinski definition) is 1. The van der Waals surface area contributed by atoms with Gasteiger partial charge in [-0.2, -0.15) is 0 Å². The minimum absolute atomic E-state index is 0.0464. The zero-order valence-corrected chi connectivity index (χ0v) is 32.7. The number of rotatable bonds is 11. The monoisotopic (exact) mass is 734 g/mol. The number of ether oxygens (including phenoxy) is 3. The van der Waals surface area contributed by atoms with Gasteiger partial charge in [-0.05, 0) is 129 Å². The van der Waals surface area contributed by atoms with Gasteiger partial charge in [0.05, 0.1) is 6.61 Å². The maximum atomic E-state index is 14.9. The van der Waals surface area contributed by atoms with Crippen molar-refractivity contribution in [1.29, 1.82) is 0 Å². The van der Waals surface area contributed by atoms with E-state index in [1.54, 1.807) is 99.6 Å². The van der Waals surface area contributed by atoms with E-state index in [1.807, 2.05) is 4.90 Å². The third-order valence-corrected chi connectivity index (χ3v) is 11.4. The van der Waals surface area contributed by atoms with Crippen LogP contribution in [0.1, 0.15) is 94.1 Å². The molecule has 51 heavy (non-hydrogen) atoms. The summed E-state index contributed by atoms with van der Waals surface area (Å²) >= 11 is 0. The average molecular weight is 735 g/mol. The molecular formula is C38H56FN2O9P. The number of unbranched alkanes of at least 4 members (excludes halogenated alkanes) is 1. The first-order valence-electron chi connectivity index (χ1n) is 17.5. The standard InChI is InChI=1S/C38H56FN2O9P/c1-11-47-51(46)23-22-40(25-28-16-19-30(42)24-31(28)27-14-17-29(39)18-15-27)26-38(51,32(43)48-35(2,3)4)20-12-13-21-41(33(44)49-36(5,6)7)34(45)50-37(8,9)10/h14-19,24,42H,11-13,20-23,25-26H2,1-10H3/t38-,51?/m0/s1. The summed E-state index contributed by atoms with van der Waals surface area (Å²) in [6, 6.07) is 10.9. The first-order chi connectivity index (χ1) is 23.5. The van der Waals surface area contributed by atoms with Crippen molar-refractivity contribution >= 4 is 25.5 Å². The lowest BCUT2D eigenvalue weighted by atomic mass is 9.96. The van der Waals surface area contributed by atoms with E-state index >= 15 is 0 Å². The smallest absolute Gasteiger partial charge is 0.419 e. The summed E-state index contributed by atoms with van der Waals surface area (Å²) in [4.78, 5) is 43.5. The van der Waals surface area contributed by atoms with Crippen molar-refractivity contribution in [3.05, 3.63) is 53.8 Å². The van der Waals surface area contributed by atoms with Gasteiger partial charge < -0.3 is 23.8 Å². The summed E-state index contributed by atoms with van der Waals surface area (Å²) in [5.41, 5.74) is -0.390. The third kappa shape index (κ3) is 11.8. The van der Waals surface area contributed by atoms with E-state index < -0.39 is 47.5 Å². The maximum absolute atomic E-state index is 14.9. The largest absolute Gasteiger partial charge is 0.508 e. The number of hydrogen-bond acceptors (Lipinski definition) is 10. The number of phenols is 1. The average Bonchev–Trinajstić information content (AvgIpc) is 2.97. The van der Waals surface area contributed by atoms with Gasteiger partial charge in [0.25, 0.3) is 0 Å². The third-order valence-electron chi connectivity index (χ3n) is 8.06. The Bertz CT molecular complexity index is 1550. The highest BCUT2D eigenvalue weighted by Crippen LogP contribution is 2.64. The van der Waals surface area contributed by atoms with E-state index in [0.717, 1.165) is 10.5 Å². The molecule has 1 fully saturated rings. The van der Waals surface area contributed by atoms with Gasteiger partial charge in [-0.25, -0.2) is 18.9 Å². The number of amides is 2. The van der Waals surface area contributed by atoms with E-state index in [-0.39, 0.29) is 56.7 Å². The van der Waals surface area contributed by atoms with E-state index in [9.17, 15) is 28.4 Å². The molecular weight excluding hydrogens is 678 g/mol. The Morgan fingerprint density at radius 3 is 1.98 bits per heavy atom. The molecule has 2 aromatic carbocycles. The van der Waals surface area contributed by atoms with Crippen LogP contribution in [0.25, 0.3) is 11.1 Å². The highest BCUT2D eigenvalue weighted by atomic mass is 31.2. The van der Waals surface area contributed by atoms with Gasteiger partial charge in [-0.1, -0.05) is 18.2 Å². The second-order valence-electron chi connectivity index (χ2n) is 16.0. The number of phenolic OH excluding ortho intramolecular Hbond substituents is 1. The van der Waals surface area contributed by atoms with Gasteiger partial charge in [-0.3, -0.25) is 14.3 Å². The topological polar surface area (TPSA) is 132 Å². The first-order valence-corrected chi connectivity index (χ1v) is 19.3. The zero-order valence-electron chi connectivity index (χ0n) is 31.8. The van der Waals surface area contributed by atoms with Gasteiger partial charge >= 0.3 is 18.2 Å². The van der Waals surface area contributed by atoms with Crippen molar-refractivity contribution in [2.45, 2.75) is 117 Å². The van der Waals surface area contributed by atoms with Gasteiger partial charge in [-0.15, -0.1) is 0 Å². The van der Waals surface area contributed by atoms with Gasteiger partial charge in [0.2, 0.25) is 7.37 Å². The molecule has 0 bridgehead atoms. The molecule has 0 radical (unpaired) electrons. The number of aromatic hydroxyl groups is 1. The minimum atomic E-state index is -3.67. The van der Waals surface area contributed by atoms with Crippen LogP contribution in [0.2, 0.25) is 0 Å². The summed E-state index contributed by atoms with van der Waals surface area (Å²) in [6.45, 7) is 18.0. The SMILES string of the molecule is CCOP1(=O)CCN(Cc2ccc(O)cc2-c2ccc(F)cc2)C[C@@]1(CCCCN(C(=O)OC(C)(C)C)C(=O)OC(C)(C)C)C(=O)OC(C)(C)C. The van der Waals surface area contributed by atoms with Gasteiger partial charge in [0.1, 0.15) is 28.4 Å². The normalized spacial score (nSPS) is 20.1. The second kappa shape index (κ2) is 16.5. The molecule has 1 aliphatic heterocycles. The van der Waals surface area contributed by atoms with Crippen molar-refractivity contribution in [2.75, 3.05) is 32.4 Å². The molecule has 0 spiro atoms. The molecule has 11 nitrogen and oxygen atoms in total. The molecule has 0 saturated carbocycles. The molecule has 1 unspecified atom stereocenters. The lowest BCUT2D eigenvalue weighted by Crippen LogP contribution is -2.56. The highest BCUT2D eigenvalue weighted by Gasteiger charge is 2.59. The Hall–Kier alpha value is -3.47. The van der Waals surface area contributed by atoms with Crippen LogP contribution in [0.3, 0.4) is 0 Å². The fourth-order valence-corrected chi connectivity index (χ4v) is 8.93. The van der Waals surface area contributed by atoms with Crippen LogP contribution in [-0.2, 0) is 34.6 Å². The van der Waals surface area contributed by atoms with Crippen LogP contribution in [0.4, 0.5) is 14.0 Å². The summed E-state index contributed by atoms with van der Waals surface area (Å²) in [5.74, 6) is -0.977. The Labute approximate surface area is 302 Å². The highest BCUT2D eigenvalue weighted by molar-refractivity contribution is 7.62. The van der Waals surface area contributed by atoms with E-state index in [4.69, 9.17) is 18.7 Å². The summed E-state index contributed by atoms with van der Waals surface area (Å²) < 4.78 is 51.6. The number of benzene rings is 2. The van der Waals surface area contributed by atoms with Crippen LogP contribution in [0, 0.1) is 5.82 Å². The first kappa shape index (κ1) is 41.9. The number of esters is 1. The number of imide groups is 1. The van der Waals surface area contributed by atoms with Crippen LogP contribution < -0.4 is 0 Å². The Morgan fingerprint density at radius 2 is 1.45 bits per heavy atom. The summed E-state index contributed by atoms with van der Waals surface area (Å²) in [7, 11) is -3.67. The minimum Gasteiger partial charge on any atom is -0.508 e. The number of carbonyl (C=O) groups excluding carboxylic acids is 3. The molecule has 3 rings (SSSR count). The van der Waals surface area contributed by atoms with Crippen molar-refractivity contribution in [3.63, 3.8) is 0 Å². The predicted octanol–water partition coefficient (Wildman–Crippen LogP) is 8.75. The quantitative estimate of drug-likeness (QED) is 0.103. The lowest BCUT2D eigenvalue weighted by molar-refractivity contribution is -0.160. The van der Waals surface area contributed by atoms with Crippen molar-refractivity contribution < 1.29 is 47.2 Å². The number of nitrogens with zero attached hydrogens (tertiary/aromatic N) is 2. The van der Waals surface area contributed by atoms with E-state index in [0.29, 0.717) is 24.2 Å². The fourth-order valence-electron chi connectivity index (χ4n) is 5.92. The molecule has 2 atom stereocenters. The Morgan fingerprint density at radius 1 is 0.882 bits per heavy atom. The van der Waals surface area contributed by atoms with Crippen molar-refractivity contribution in [3.8, 4) is 16.9 Å². The molecule has 0 aromatic heterocycles. The Kier molecular flexibility index (Phi) is 13.5. The van der Waals surface area contributed by atoms with Crippen molar-refractivity contribution in [2.24, 2.45) is 0 Å². The second-order valence-corrected chi connectivity index (χ2v) is 18.9. The zero-order chi connectivity index (χ0) is 38.4. The molecule has 0 aliphatic carbocycles. The molecule has 1 N–H and O–H groups in total. The van der Waals surface area contributed by atoms with Crippen LogP contribution >= 0.6 is 7.37 Å². The van der Waals surface area contributed by atoms with Crippen LogP contribution in [0.5, 0.6) is 5.75 Å². The molecule has 1 saturated heterocycles. The molecule has 13 heteroatoms. The molecule has 2 aromatic rings. The summed E-state index contributed by atoms with van der Waals surface area (Å²) in [6.07, 6.45) is -0.992. The maximum Gasteiger partial charge on any atom is 0.419 e.